The van der Waals surface area contributed by atoms with Crippen molar-refractivity contribution in [2.45, 2.75) is 78.1 Å². The Morgan fingerprint density at radius 3 is 2.77 bits per heavy atom. The highest BCUT2D eigenvalue weighted by molar-refractivity contribution is 6.06. The van der Waals surface area contributed by atoms with Crippen LogP contribution in [0.3, 0.4) is 0 Å². The SMILES string of the molecule is Cc1ccc(CCC(=O)C[C@@H]2CCCC(C3=NC=CCC4=C3C=CC4)CC2)cc1C. The number of nitrogens with zero attached hydrogens (tertiary/aromatic N) is 1. The van der Waals surface area contributed by atoms with Crippen LogP contribution < -0.4 is 0 Å². The highest BCUT2D eigenvalue weighted by atomic mass is 16.1. The third kappa shape index (κ3) is 5.09. The van der Waals surface area contributed by atoms with E-state index >= 15 is 0 Å². The number of Topliss-reactive ketones (excluding diaryl/α,β-unsaturated/α-hetero) is 1. The molecule has 0 aromatic heterocycles. The molecule has 0 saturated heterocycles. The normalized spacial score (nSPS) is 23.7. The molecule has 2 nitrogen and oxygen atoms in total. The Hall–Kier alpha value is -2.22. The number of aliphatic imine (C=N–C) groups is 1. The standard InChI is InChI=1S/C28H35NO/c1-20-11-12-23(18-21(20)2)14-16-26(30)19-22-6-3-8-25(15-13-22)28-27-10-4-7-24(27)9-5-17-29-28/h4-5,10-12,17-18,22,25H,3,6-9,13-16,19H2,1-2H3/t22-,25?/m1/s1. The van der Waals surface area contributed by atoms with Crippen LogP contribution in [0.1, 0.15) is 74.5 Å². The van der Waals surface area contributed by atoms with Gasteiger partial charge in [0.05, 0.1) is 5.71 Å². The Morgan fingerprint density at radius 1 is 1.03 bits per heavy atom. The number of allylic oxidation sites excluding steroid dienone is 5. The van der Waals surface area contributed by atoms with Gasteiger partial charge in [0, 0.05) is 25.0 Å². The summed E-state index contributed by atoms with van der Waals surface area (Å²) in [6, 6.07) is 6.59. The van der Waals surface area contributed by atoms with Crippen molar-refractivity contribution in [1.29, 1.82) is 0 Å². The third-order valence-corrected chi connectivity index (χ3v) is 7.24. The van der Waals surface area contributed by atoms with E-state index in [2.05, 4.69) is 50.3 Å². The van der Waals surface area contributed by atoms with Crippen molar-refractivity contribution in [3.8, 4) is 0 Å². The van der Waals surface area contributed by atoms with Crippen molar-refractivity contribution >= 4 is 11.5 Å². The first-order valence-electron chi connectivity index (χ1n) is 11.8. The van der Waals surface area contributed by atoms with E-state index in [0.717, 1.165) is 32.1 Å². The van der Waals surface area contributed by atoms with E-state index in [0.29, 0.717) is 24.0 Å². The fraction of sp³-hybridized carbons (Fsp3) is 0.500. The van der Waals surface area contributed by atoms with E-state index in [1.807, 2.05) is 6.20 Å². The van der Waals surface area contributed by atoms with Crippen LogP contribution in [-0.2, 0) is 11.2 Å². The predicted molar refractivity (Wildman–Crippen MR) is 126 cm³/mol. The van der Waals surface area contributed by atoms with Crippen molar-refractivity contribution in [2.24, 2.45) is 16.8 Å². The van der Waals surface area contributed by atoms with Crippen molar-refractivity contribution in [3.63, 3.8) is 0 Å². The number of carbonyl (C=O) groups is 1. The summed E-state index contributed by atoms with van der Waals surface area (Å²) in [6.45, 7) is 4.29. The van der Waals surface area contributed by atoms with Gasteiger partial charge in [-0.05, 0) is 80.6 Å². The molecule has 1 saturated carbocycles. The van der Waals surface area contributed by atoms with E-state index in [-0.39, 0.29) is 0 Å². The molecular formula is C28H35NO. The van der Waals surface area contributed by atoms with Crippen LogP contribution >= 0.6 is 0 Å². The van der Waals surface area contributed by atoms with Gasteiger partial charge >= 0.3 is 0 Å². The molecule has 0 radical (unpaired) electrons. The Balaban J connectivity index is 1.30. The van der Waals surface area contributed by atoms with Gasteiger partial charge < -0.3 is 0 Å². The molecule has 1 unspecified atom stereocenters. The zero-order chi connectivity index (χ0) is 20.9. The summed E-state index contributed by atoms with van der Waals surface area (Å²) in [7, 11) is 0. The molecule has 0 amide bonds. The van der Waals surface area contributed by atoms with Crippen LogP contribution in [-0.4, -0.2) is 11.5 Å². The second kappa shape index (κ2) is 9.73. The number of ketones is 1. The maximum absolute atomic E-state index is 12.7. The first kappa shape index (κ1) is 21.0. The first-order chi connectivity index (χ1) is 14.6. The van der Waals surface area contributed by atoms with Gasteiger partial charge in [0.1, 0.15) is 5.78 Å². The monoisotopic (exact) mass is 401 g/mol. The number of benzene rings is 1. The topological polar surface area (TPSA) is 29.4 Å². The van der Waals surface area contributed by atoms with Crippen LogP contribution in [0.5, 0.6) is 0 Å². The van der Waals surface area contributed by atoms with Crippen molar-refractivity contribution in [2.75, 3.05) is 0 Å². The summed E-state index contributed by atoms with van der Waals surface area (Å²) in [5.74, 6) is 1.54. The molecular weight excluding hydrogens is 366 g/mol. The molecule has 0 N–H and O–H groups in total. The van der Waals surface area contributed by atoms with Gasteiger partial charge in [-0.3, -0.25) is 9.79 Å². The average molecular weight is 402 g/mol. The zero-order valence-corrected chi connectivity index (χ0v) is 18.6. The Bertz CT molecular complexity index is 915. The lowest BCUT2D eigenvalue weighted by atomic mass is 9.87. The van der Waals surface area contributed by atoms with Gasteiger partial charge in [0.15, 0.2) is 0 Å². The van der Waals surface area contributed by atoms with E-state index in [4.69, 9.17) is 4.99 Å². The molecule has 1 aromatic rings. The molecule has 2 heteroatoms. The maximum atomic E-state index is 12.7. The number of hydrogen-bond acceptors (Lipinski definition) is 2. The lowest BCUT2D eigenvalue weighted by Gasteiger charge is -2.18. The Morgan fingerprint density at radius 2 is 1.90 bits per heavy atom. The fourth-order valence-electron chi connectivity index (χ4n) is 5.25. The van der Waals surface area contributed by atoms with E-state index in [9.17, 15) is 4.79 Å². The summed E-state index contributed by atoms with van der Waals surface area (Å²) in [5, 5.41) is 0. The average Bonchev–Trinajstić information content (AvgIpc) is 2.94. The zero-order valence-electron chi connectivity index (χ0n) is 18.6. The number of carbonyl (C=O) groups excluding carboxylic acids is 1. The highest BCUT2D eigenvalue weighted by Gasteiger charge is 2.27. The first-order valence-corrected chi connectivity index (χ1v) is 11.8. The number of rotatable bonds is 6. The summed E-state index contributed by atoms with van der Waals surface area (Å²) < 4.78 is 0. The molecule has 4 rings (SSSR count). The lowest BCUT2D eigenvalue weighted by Crippen LogP contribution is -2.16. The van der Waals surface area contributed by atoms with E-state index in [1.54, 1.807) is 0 Å². The number of hydrogen-bond donors (Lipinski definition) is 0. The van der Waals surface area contributed by atoms with Crippen LogP contribution in [0, 0.1) is 25.7 Å². The van der Waals surface area contributed by atoms with Gasteiger partial charge in [-0.25, -0.2) is 0 Å². The summed E-state index contributed by atoms with van der Waals surface area (Å²) >= 11 is 0. The molecule has 1 aromatic carbocycles. The molecule has 1 aliphatic heterocycles. The minimum atomic E-state index is 0.440. The van der Waals surface area contributed by atoms with Gasteiger partial charge in [0.2, 0.25) is 0 Å². The molecule has 1 fully saturated rings. The van der Waals surface area contributed by atoms with Gasteiger partial charge in [0.25, 0.3) is 0 Å². The second-order valence-corrected chi connectivity index (χ2v) is 9.46. The molecule has 30 heavy (non-hydrogen) atoms. The summed E-state index contributed by atoms with van der Waals surface area (Å²) in [6.07, 6.45) is 19.2. The molecule has 0 spiro atoms. The largest absolute Gasteiger partial charge is 0.300 e. The minimum Gasteiger partial charge on any atom is -0.300 e. The van der Waals surface area contributed by atoms with E-state index < -0.39 is 0 Å². The van der Waals surface area contributed by atoms with Crippen LogP contribution in [0.25, 0.3) is 0 Å². The van der Waals surface area contributed by atoms with Gasteiger partial charge in [-0.15, -0.1) is 0 Å². The van der Waals surface area contributed by atoms with E-state index in [1.165, 1.54) is 59.2 Å². The second-order valence-electron chi connectivity index (χ2n) is 9.46. The molecule has 3 aliphatic rings. The molecule has 2 atom stereocenters. The van der Waals surface area contributed by atoms with Crippen LogP contribution in [0.4, 0.5) is 0 Å². The Kier molecular flexibility index (Phi) is 6.82. The predicted octanol–water partition coefficient (Wildman–Crippen LogP) is 7.01. The minimum absolute atomic E-state index is 0.440. The quantitative estimate of drug-likeness (QED) is 0.472. The maximum Gasteiger partial charge on any atom is 0.133 e. The van der Waals surface area contributed by atoms with Crippen LogP contribution in [0.2, 0.25) is 0 Å². The van der Waals surface area contributed by atoms with Crippen molar-refractivity contribution in [3.05, 3.63) is 70.5 Å². The highest BCUT2D eigenvalue weighted by Crippen LogP contribution is 2.35. The summed E-state index contributed by atoms with van der Waals surface area (Å²) in [5.41, 5.74) is 8.19. The Labute approximate surface area is 181 Å². The smallest absolute Gasteiger partial charge is 0.133 e. The fourth-order valence-corrected chi connectivity index (χ4v) is 5.25. The third-order valence-electron chi connectivity index (χ3n) is 7.24. The molecule has 2 aliphatic carbocycles. The summed E-state index contributed by atoms with van der Waals surface area (Å²) in [4.78, 5) is 17.5. The number of aryl methyl sites for hydroxylation is 3. The molecule has 1 heterocycles. The van der Waals surface area contributed by atoms with Gasteiger partial charge in [-0.1, -0.05) is 54.8 Å². The van der Waals surface area contributed by atoms with Crippen molar-refractivity contribution in [1.82, 2.24) is 0 Å². The van der Waals surface area contributed by atoms with Gasteiger partial charge in [-0.2, -0.15) is 0 Å². The lowest BCUT2D eigenvalue weighted by molar-refractivity contribution is -0.120. The van der Waals surface area contributed by atoms with Crippen molar-refractivity contribution < 1.29 is 4.79 Å². The van der Waals surface area contributed by atoms with Crippen LogP contribution in [0.15, 0.2) is 58.8 Å². The molecule has 0 bridgehead atoms. The molecule has 158 valence electrons.